The molecule has 1 aliphatic rings. The van der Waals surface area contributed by atoms with Crippen LogP contribution >= 0.6 is 15.9 Å². The maximum Gasteiger partial charge on any atom is 0.275 e. The van der Waals surface area contributed by atoms with Crippen molar-refractivity contribution in [3.63, 3.8) is 0 Å². The van der Waals surface area contributed by atoms with Gasteiger partial charge < -0.3 is 0 Å². The highest BCUT2D eigenvalue weighted by Crippen LogP contribution is 2.32. The van der Waals surface area contributed by atoms with E-state index in [1.165, 1.54) is 12.1 Å². The first-order valence-corrected chi connectivity index (χ1v) is 6.68. The highest BCUT2D eigenvalue weighted by atomic mass is 79.9. The van der Waals surface area contributed by atoms with Crippen molar-refractivity contribution >= 4 is 26.0 Å². The minimum Gasteiger partial charge on any atom is -0.207 e. The largest absolute Gasteiger partial charge is 0.275 e. The van der Waals surface area contributed by atoms with Crippen molar-refractivity contribution in [3.05, 3.63) is 28.7 Å². The smallest absolute Gasteiger partial charge is 0.207 e. The molecule has 1 fully saturated rings. The van der Waals surface area contributed by atoms with Gasteiger partial charge in [0, 0.05) is 4.47 Å². The molecule has 1 aliphatic heterocycles. The van der Waals surface area contributed by atoms with Crippen LogP contribution in [0.15, 0.2) is 33.6 Å². The van der Waals surface area contributed by atoms with Crippen LogP contribution in [-0.2, 0) is 10.0 Å². The van der Waals surface area contributed by atoms with Crippen LogP contribution in [0.2, 0.25) is 0 Å². The third-order valence-electron chi connectivity index (χ3n) is 2.25. The summed E-state index contributed by atoms with van der Waals surface area (Å²) < 4.78 is 50.2. The fraction of sp³-hybridized carbons (Fsp3) is 0.333. The van der Waals surface area contributed by atoms with Crippen LogP contribution in [0.4, 0.5) is 8.78 Å². The summed E-state index contributed by atoms with van der Waals surface area (Å²) in [5.41, 5.74) is 0. The molecule has 1 aromatic rings. The van der Waals surface area contributed by atoms with Crippen molar-refractivity contribution in [3.8, 4) is 0 Å². The van der Waals surface area contributed by atoms with E-state index in [1.807, 2.05) is 0 Å². The van der Waals surface area contributed by atoms with E-state index in [4.69, 9.17) is 0 Å². The van der Waals surface area contributed by atoms with E-state index in [0.29, 0.717) is 4.47 Å². The van der Waals surface area contributed by atoms with Gasteiger partial charge in [0.05, 0.1) is 18.0 Å². The molecule has 1 heterocycles. The van der Waals surface area contributed by atoms with Gasteiger partial charge in [-0.25, -0.2) is 17.2 Å². The van der Waals surface area contributed by atoms with Crippen molar-refractivity contribution in [2.75, 3.05) is 13.1 Å². The molecule has 0 radical (unpaired) electrons. The molecule has 3 nitrogen and oxygen atoms in total. The molecule has 0 bridgehead atoms. The monoisotopic (exact) mass is 311 g/mol. The Labute approximate surface area is 100 Å². The molecular weight excluding hydrogens is 304 g/mol. The lowest BCUT2D eigenvalue weighted by Gasteiger charge is -2.37. The Kier molecular flexibility index (Phi) is 2.80. The first-order valence-electron chi connectivity index (χ1n) is 4.45. The molecule has 1 aromatic carbocycles. The summed E-state index contributed by atoms with van der Waals surface area (Å²) in [6, 6.07) is 6.00. The van der Waals surface area contributed by atoms with Gasteiger partial charge in [-0.3, -0.25) is 0 Å². The molecule has 2 rings (SSSR count). The molecule has 0 unspecified atom stereocenters. The van der Waals surface area contributed by atoms with Gasteiger partial charge in [0.15, 0.2) is 0 Å². The number of hydrogen-bond acceptors (Lipinski definition) is 2. The van der Waals surface area contributed by atoms with Crippen molar-refractivity contribution in [1.29, 1.82) is 0 Å². The third kappa shape index (κ3) is 2.11. The zero-order valence-corrected chi connectivity index (χ0v) is 10.4. The number of halogens is 3. The average molecular weight is 312 g/mol. The van der Waals surface area contributed by atoms with E-state index in [1.54, 1.807) is 12.1 Å². The van der Waals surface area contributed by atoms with Crippen molar-refractivity contribution < 1.29 is 17.2 Å². The van der Waals surface area contributed by atoms with Gasteiger partial charge in [-0.15, -0.1) is 0 Å². The Hall–Kier alpha value is -0.530. The van der Waals surface area contributed by atoms with E-state index < -0.39 is 29.0 Å². The number of alkyl halides is 2. The van der Waals surface area contributed by atoms with Gasteiger partial charge in [-0.05, 0) is 18.2 Å². The molecule has 0 spiro atoms. The average Bonchev–Trinajstić information content (AvgIpc) is 2.14. The van der Waals surface area contributed by atoms with Crippen molar-refractivity contribution in [1.82, 2.24) is 4.31 Å². The number of hydrogen-bond donors (Lipinski definition) is 0. The molecule has 16 heavy (non-hydrogen) atoms. The van der Waals surface area contributed by atoms with E-state index in [9.17, 15) is 17.2 Å². The van der Waals surface area contributed by atoms with Gasteiger partial charge in [0.2, 0.25) is 10.0 Å². The molecule has 0 N–H and O–H groups in total. The molecular formula is C9H8BrF2NO2S. The van der Waals surface area contributed by atoms with Gasteiger partial charge in [-0.1, -0.05) is 22.0 Å². The predicted molar refractivity (Wildman–Crippen MR) is 57.8 cm³/mol. The summed E-state index contributed by atoms with van der Waals surface area (Å²) in [5.74, 6) is -2.89. The molecule has 0 aliphatic carbocycles. The molecule has 0 amide bonds. The Morgan fingerprint density at radius 1 is 1.31 bits per heavy atom. The second kappa shape index (κ2) is 3.75. The second-order valence-electron chi connectivity index (χ2n) is 3.59. The van der Waals surface area contributed by atoms with Gasteiger partial charge in [0.1, 0.15) is 0 Å². The summed E-state index contributed by atoms with van der Waals surface area (Å²) in [6.45, 7) is -1.47. The lowest BCUT2D eigenvalue weighted by molar-refractivity contribution is -0.0945. The minimum absolute atomic E-state index is 0.0253. The number of rotatable bonds is 2. The molecule has 1 saturated heterocycles. The third-order valence-corrected chi connectivity index (χ3v) is 4.53. The molecule has 7 heteroatoms. The lowest BCUT2D eigenvalue weighted by atomic mass is 10.2. The Balaban J connectivity index is 2.28. The summed E-state index contributed by atoms with van der Waals surface area (Å²) >= 11 is 3.13. The second-order valence-corrected chi connectivity index (χ2v) is 6.44. The zero-order chi connectivity index (χ0) is 12.0. The van der Waals surface area contributed by atoms with Crippen LogP contribution in [0.1, 0.15) is 0 Å². The number of nitrogens with zero attached hydrogens (tertiary/aromatic N) is 1. The first-order chi connectivity index (χ1) is 7.31. The molecule has 88 valence electrons. The summed E-state index contributed by atoms with van der Waals surface area (Å²) in [4.78, 5) is 0.0253. The topological polar surface area (TPSA) is 37.4 Å². The summed E-state index contributed by atoms with van der Waals surface area (Å²) in [6.07, 6.45) is 0. The quantitative estimate of drug-likeness (QED) is 0.838. The Morgan fingerprint density at radius 2 is 1.94 bits per heavy atom. The van der Waals surface area contributed by atoms with E-state index in [0.717, 1.165) is 4.31 Å². The van der Waals surface area contributed by atoms with Crippen LogP contribution < -0.4 is 0 Å². The fourth-order valence-corrected chi connectivity index (χ4v) is 3.51. The van der Waals surface area contributed by atoms with Gasteiger partial charge >= 0.3 is 0 Å². The number of sulfonamides is 1. The summed E-state index contributed by atoms with van der Waals surface area (Å²) in [5, 5.41) is 0. The molecule has 0 aromatic heterocycles. The maximum absolute atomic E-state index is 12.6. The Morgan fingerprint density at radius 3 is 2.44 bits per heavy atom. The standard InChI is InChI=1S/C9H8BrF2NO2S/c10-7-2-1-3-8(4-7)16(14,15)13-5-9(11,12)6-13/h1-4H,5-6H2. The predicted octanol–water partition coefficient (Wildman–Crippen LogP) is 2.09. The van der Waals surface area contributed by atoms with Crippen molar-refractivity contribution in [2.45, 2.75) is 10.8 Å². The van der Waals surface area contributed by atoms with Crippen LogP contribution in [-0.4, -0.2) is 31.7 Å². The highest BCUT2D eigenvalue weighted by Gasteiger charge is 2.49. The van der Waals surface area contributed by atoms with Crippen LogP contribution in [0.5, 0.6) is 0 Å². The lowest BCUT2D eigenvalue weighted by Crippen LogP contribution is -2.58. The molecule has 0 saturated carbocycles. The van der Waals surface area contributed by atoms with E-state index >= 15 is 0 Å². The van der Waals surface area contributed by atoms with E-state index in [-0.39, 0.29) is 4.90 Å². The Bertz CT molecular complexity index is 510. The fourth-order valence-electron chi connectivity index (χ4n) is 1.42. The highest BCUT2D eigenvalue weighted by molar-refractivity contribution is 9.10. The van der Waals surface area contributed by atoms with Crippen LogP contribution in [0.3, 0.4) is 0 Å². The van der Waals surface area contributed by atoms with E-state index in [2.05, 4.69) is 15.9 Å². The maximum atomic E-state index is 12.6. The van der Waals surface area contributed by atoms with Gasteiger partial charge in [0.25, 0.3) is 5.92 Å². The number of benzene rings is 1. The molecule has 0 atom stereocenters. The first kappa shape index (κ1) is 11.9. The van der Waals surface area contributed by atoms with Crippen LogP contribution in [0.25, 0.3) is 0 Å². The van der Waals surface area contributed by atoms with Gasteiger partial charge in [-0.2, -0.15) is 4.31 Å². The minimum atomic E-state index is -3.77. The zero-order valence-electron chi connectivity index (χ0n) is 8.03. The van der Waals surface area contributed by atoms with Crippen molar-refractivity contribution in [2.24, 2.45) is 0 Å². The normalized spacial score (nSPS) is 20.4. The summed E-state index contributed by atoms with van der Waals surface area (Å²) in [7, 11) is -3.77. The SMILES string of the molecule is O=S(=O)(c1cccc(Br)c1)N1CC(F)(F)C1. The van der Waals surface area contributed by atoms with Crippen LogP contribution in [0, 0.1) is 0 Å².